The zero-order valence-electron chi connectivity index (χ0n) is 16.1. The predicted molar refractivity (Wildman–Crippen MR) is 114 cm³/mol. The molecule has 1 saturated carbocycles. The molecule has 3 aromatic rings. The van der Waals surface area contributed by atoms with Crippen LogP contribution in [0.2, 0.25) is 0 Å². The van der Waals surface area contributed by atoms with Crippen LogP contribution in [0.3, 0.4) is 0 Å². The van der Waals surface area contributed by atoms with Gasteiger partial charge in [-0.2, -0.15) is 0 Å². The van der Waals surface area contributed by atoms with Crippen LogP contribution in [0.4, 0.5) is 5.69 Å². The maximum atomic E-state index is 13.2. The minimum Gasteiger partial charge on any atom is -0.381 e. The molecule has 0 unspecified atom stereocenters. The molecule has 0 atom stereocenters. The van der Waals surface area contributed by atoms with Gasteiger partial charge in [0.2, 0.25) is 0 Å². The number of nitrogens with one attached hydrogen (secondary N) is 1. The van der Waals surface area contributed by atoms with Crippen molar-refractivity contribution in [2.24, 2.45) is 0 Å². The fraction of sp³-hybridized carbons (Fsp3) is 0.318. The van der Waals surface area contributed by atoms with E-state index in [1.165, 1.54) is 23.2 Å². The van der Waals surface area contributed by atoms with Crippen molar-refractivity contribution in [1.82, 2.24) is 8.96 Å². The number of rotatable bonds is 5. The zero-order chi connectivity index (χ0) is 19.7. The quantitative estimate of drug-likeness (QED) is 0.662. The lowest BCUT2D eigenvalue weighted by atomic mass is 9.95. The number of aryl methyl sites for hydroxylation is 1. The summed E-state index contributed by atoms with van der Waals surface area (Å²) in [6.07, 6.45) is 11.0. The van der Waals surface area contributed by atoms with Crippen LogP contribution in [0, 0.1) is 6.92 Å². The van der Waals surface area contributed by atoms with Crippen LogP contribution in [0.5, 0.6) is 0 Å². The smallest absolute Gasteiger partial charge is 0.269 e. The number of pyridine rings is 1. The summed E-state index contributed by atoms with van der Waals surface area (Å²) in [5.74, 6) is 0. The Balaban J connectivity index is 1.80. The molecule has 2 aromatic heterocycles. The highest BCUT2D eigenvalue weighted by Crippen LogP contribution is 2.32. The monoisotopic (exact) mass is 395 g/mol. The van der Waals surface area contributed by atoms with Gasteiger partial charge in [0.25, 0.3) is 10.0 Å². The first-order chi connectivity index (χ1) is 13.5. The van der Waals surface area contributed by atoms with Gasteiger partial charge in [-0.1, -0.05) is 49.6 Å². The van der Waals surface area contributed by atoms with Crippen LogP contribution in [0.15, 0.2) is 54.2 Å². The topological polar surface area (TPSA) is 64.0 Å². The summed E-state index contributed by atoms with van der Waals surface area (Å²) in [5, 5.41) is 4.44. The van der Waals surface area contributed by atoms with E-state index >= 15 is 0 Å². The Bertz CT molecular complexity index is 1110. The van der Waals surface area contributed by atoms with Crippen molar-refractivity contribution >= 4 is 32.8 Å². The maximum Gasteiger partial charge on any atom is 0.269 e. The standard InChI is InChI=1S/C22H25N3O2S/c1-3-17-15-23-22-20(21(17)24-18-7-5-4-6-8-18)13-14-25(22)28(26,27)19-11-9-16(2)10-12-19/h3,9-15,18H,1,4-8H2,2H3,(H,23,24). The number of nitrogens with zero attached hydrogens (tertiary/aromatic N) is 2. The highest BCUT2D eigenvalue weighted by atomic mass is 32.2. The second-order valence-electron chi connectivity index (χ2n) is 7.44. The number of fused-ring (bicyclic) bond motifs is 1. The van der Waals surface area contributed by atoms with Crippen LogP contribution in [-0.4, -0.2) is 23.4 Å². The number of aromatic nitrogens is 2. The fourth-order valence-corrected chi connectivity index (χ4v) is 5.16. The summed E-state index contributed by atoms with van der Waals surface area (Å²) < 4.78 is 27.6. The van der Waals surface area contributed by atoms with Gasteiger partial charge in [-0.3, -0.25) is 0 Å². The van der Waals surface area contributed by atoms with Crippen molar-refractivity contribution in [3.05, 3.63) is 60.4 Å². The summed E-state index contributed by atoms with van der Waals surface area (Å²) in [4.78, 5) is 4.70. The number of hydrogen-bond donors (Lipinski definition) is 1. The lowest BCUT2D eigenvalue weighted by Crippen LogP contribution is -2.23. The number of anilines is 1. The molecule has 146 valence electrons. The van der Waals surface area contributed by atoms with Gasteiger partial charge in [0.05, 0.1) is 10.6 Å². The van der Waals surface area contributed by atoms with Gasteiger partial charge in [-0.05, 0) is 38.0 Å². The Morgan fingerprint density at radius 3 is 2.54 bits per heavy atom. The van der Waals surface area contributed by atoms with Gasteiger partial charge in [-0.25, -0.2) is 17.4 Å². The number of hydrogen-bond acceptors (Lipinski definition) is 4. The molecular formula is C22H25N3O2S. The highest BCUT2D eigenvalue weighted by molar-refractivity contribution is 7.90. The summed E-state index contributed by atoms with van der Waals surface area (Å²) >= 11 is 0. The molecule has 0 bridgehead atoms. The first-order valence-corrected chi connectivity index (χ1v) is 11.2. The van der Waals surface area contributed by atoms with E-state index in [1.54, 1.807) is 42.7 Å². The molecule has 1 aliphatic carbocycles. The lowest BCUT2D eigenvalue weighted by molar-refractivity contribution is 0.463. The van der Waals surface area contributed by atoms with Crippen molar-refractivity contribution in [2.45, 2.75) is 50.0 Å². The van der Waals surface area contributed by atoms with Gasteiger partial charge in [0.15, 0.2) is 5.65 Å². The van der Waals surface area contributed by atoms with Gasteiger partial charge in [0, 0.05) is 29.4 Å². The SMILES string of the molecule is C=Cc1cnc2c(ccn2S(=O)(=O)c2ccc(C)cc2)c1NC1CCCCC1. The minimum atomic E-state index is -3.71. The van der Waals surface area contributed by atoms with Crippen LogP contribution < -0.4 is 5.32 Å². The third-order valence-corrected chi connectivity index (χ3v) is 7.14. The Morgan fingerprint density at radius 1 is 1.14 bits per heavy atom. The minimum absolute atomic E-state index is 0.256. The Morgan fingerprint density at radius 2 is 1.86 bits per heavy atom. The van der Waals surface area contributed by atoms with Crippen LogP contribution in [-0.2, 0) is 10.0 Å². The average Bonchev–Trinajstić information content (AvgIpc) is 3.15. The molecular weight excluding hydrogens is 370 g/mol. The molecule has 28 heavy (non-hydrogen) atoms. The van der Waals surface area contributed by atoms with E-state index < -0.39 is 10.0 Å². The largest absolute Gasteiger partial charge is 0.381 e. The molecule has 0 saturated heterocycles. The molecule has 0 aliphatic heterocycles. The average molecular weight is 396 g/mol. The van der Waals surface area contributed by atoms with Crippen LogP contribution >= 0.6 is 0 Å². The summed E-state index contributed by atoms with van der Waals surface area (Å²) in [6.45, 7) is 5.83. The van der Waals surface area contributed by atoms with Gasteiger partial charge < -0.3 is 5.32 Å². The molecule has 1 fully saturated rings. The molecule has 5 nitrogen and oxygen atoms in total. The normalized spacial score (nSPS) is 15.6. The Hall–Kier alpha value is -2.60. The fourth-order valence-electron chi connectivity index (χ4n) is 3.86. The van der Waals surface area contributed by atoms with Crippen LogP contribution in [0.1, 0.15) is 43.2 Å². The molecule has 0 amide bonds. The van der Waals surface area contributed by atoms with Crippen molar-refractivity contribution in [1.29, 1.82) is 0 Å². The van der Waals surface area contributed by atoms with E-state index in [2.05, 4.69) is 16.9 Å². The first kappa shape index (κ1) is 18.7. The Kier molecular flexibility index (Phi) is 4.98. The van der Waals surface area contributed by atoms with Gasteiger partial charge >= 0.3 is 0 Å². The van der Waals surface area contributed by atoms with Crippen molar-refractivity contribution in [3.63, 3.8) is 0 Å². The van der Waals surface area contributed by atoms with E-state index in [1.807, 2.05) is 13.0 Å². The highest BCUT2D eigenvalue weighted by Gasteiger charge is 2.22. The molecule has 1 aliphatic rings. The molecule has 1 N–H and O–H groups in total. The van der Waals surface area contributed by atoms with Crippen molar-refractivity contribution < 1.29 is 8.42 Å². The number of benzene rings is 1. The second kappa shape index (κ2) is 7.43. The van der Waals surface area contributed by atoms with Crippen molar-refractivity contribution in [2.75, 3.05) is 5.32 Å². The van der Waals surface area contributed by atoms with Gasteiger partial charge in [0.1, 0.15) is 0 Å². The zero-order valence-corrected chi connectivity index (χ0v) is 16.9. The molecule has 1 aromatic carbocycles. The second-order valence-corrected chi connectivity index (χ2v) is 9.25. The lowest BCUT2D eigenvalue weighted by Gasteiger charge is -2.25. The summed E-state index contributed by atoms with van der Waals surface area (Å²) in [6, 6.07) is 9.10. The van der Waals surface area contributed by atoms with Crippen molar-refractivity contribution in [3.8, 4) is 0 Å². The van der Waals surface area contributed by atoms with E-state index in [0.29, 0.717) is 11.7 Å². The molecule has 6 heteroatoms. The third kappa shape index (κ3) is 3.33. The summed E-state index contributed by atoms with van der Waals surface area (Å²) in [5.41, 5.74) is 3.27. The van der Waals surface area contributed by atoms with E-state index in [9.17, 15) is 8.42 Å². The van der Waals surface area contributed by atoms with Crippen LogP contribution in [0.25, 0.3) is 17.1 Å². The molecule has 2 heterocycles. The Labute approximate surface area is 166 Å². The predicted octanol–water partition coefficient (Wildman–Crippen LogP) is 4.97. The molecule has 0 radical (unpaired) electrons. The summed E-state index contributed by atoms with van der Waals surface area (Å²) in [7, 11) is -3.71. The first-order valence-electron chi connectivity index (χ1n) is 9.72. The maximum absolute atomic E-state index is 13.2. The van der Waals surface area contributed by atoms with E-state index in [-0.39, 0.29) is 4.90 Å². The molecule has 0 spiro atoms. The van der Waals surface area contributed by atoms with E-state index in [0.717, 1.165) is 35.0 Å². The third-order valence-electron chi connectivity index (χ3n) is 5.46. The molecule has 4 rings (SSSR count). The van der Waals surface area contributed by atoms with Gasteiger partial charge in [-0.15, -0.1) is 0 Å². The van der Waals surface area contributed by atoms with E-state index in [4.69, 9.17) is 0 Å².